The maximum Gasteiger partial charge on any atom is 0.304 e. The molecule has 1 aromatic rings. The van der Waals surface area contributed by atoms with Crippen LogP contribution in [0.25, 0.3) is 0 Å². The van der Waals surface area contributed by atoms with E-state index in [0.29, 0.717) is 5.75 Å². The van der Waals surface area contributed by atoms with Crippen LogP contribution in [0.1, 0.15) is 32.8 Å². The van der Waals surface area contributed by atoms with E-state index in [2.05, 4.69) is 0 Å². The van der Waals surface area contributed by atoms with Gasteiger partial charge in [0.1, 0.15) is 5.75 Å². The third-order valence-corrected chi connectivity index (χ3v) is 3.63. The molecule has 0 aliphatic heterocycles. The number of carboxylic acids is 1. The zero-order chi connectivity index (χ0) is 14.0. The number of hydrogen-bond donors (Lipinski definition) is 2. The number of aliphatic carboxylic acids is 1. The standard InChI is InChI=1S/C14H21NO3/c1-13(2,15)14(3,9-12(16)17)10-6-5-7-11(8-10)18-4/h5-8H,9,15H2,1-4H3,(H,16,17). The Kier molecular flexibility index (Phi) is 4.02. The molecular weight excluding hydrogens is 230 g/mol. The van der Waals surface area contributed by atoms with Gasteiger partial charge in [0, 0.05) is 11.0 Å². The highest BCUT2D eigenvalue weighted by atomic mass is 16.5. The van der Waals surface area contributed by atoms with Gasteiger partial charge in [-0.1, -0.05) is 19.1 Å². The first-order chi connectivity index (χ1) is 8.20. The first-order valence-electron chi connectivity index (χ1n) is 5.86. The molecule has 0 fully saturated rings. The van der Waals surface area contributed by atoms with Crippen molar-refractivity contribution in [2.75, 3.05) is 7.11 Å². The smallest absolute Gasteiger partial charge is 0.304 e. The van der Waals surface area contributed by atoms with Crippen LogP contribution in [0.15, 0.2) is 24.3 Å². The molecule has 1 unspecified atom stereocenters. The Morgan fingerprint density at radius 3 is 2.44 bits per heavy atom. The van der Waals surface area contributed by atoms with Crippen LogP contribution in [0.3, 0.4) is 0 Å². The lowest BCUT2D eigenvalue weighted by molar-refractivity contribution is -0.139. The van der Waals surface area contributed by atoms with Gasteiger partial charge in [0.05, 0.1) is 13.5 Å². The third-order valence-electron chi connectivity index (χ3n) is 3.63. The Labute approximate surface area is 108 Å². The number of nitrogens with two attached hydrogens (primary N) is 1. The highest BCUT2D eigenvalue weighted by Gasteiger charge is 2.41. The van der Waals surface area contributed by atoms with Crippen molar-refractivity contribution >= 4 is 5.97 Å². The summed E-state index contributed by atoms with van der Waals surface area (Å²) in [6.45, 7) is 5.56. The van der Waals surface area contributed by atoms with E-state index in [9.17, 15) is 4.79 Å². The van der Waals surface area contributed by atoms with Crippen molar-refractivity contribution in [1.29, 1.82) is 0 Å². The van der Waals surface area contributed by atoms with Crippen LogP contribution in [0.4, 0.5) is 0 Å². The Morgan fingerprint density at radius 2 is 2.00 bits per heavy atom. The SMILES string of the molecule is COc1cccc(C(C)(CC(=O)O)C(C)(C)N)c1. The zero-order valence-corrected chi connectivity index (χ0v) is 11.4. The molecule has 0 bridgehead atoms. The minimum absolute atomic E-state index is 0.0241. The van der Waals surface area contributed by atoms with Gasteiger partial charge >= 0.3 is 5.97 Å². The summed E-state index contributed by atoms with van der Waals surface area (Å²) in [6, 6.07) is 7.41. The lowest BCUT2D eigenvalue weighted by Crippen LogP contribution is -2.53. The molecule has 0 heterocycles. The summed E-state index contributed by atoms with van der Waals surface area (Å²) < 4.78 is 5.18. The van der Waals surface area contributed by atoms with E-state index in [4.69, 9.17) is 15.6 Å². The van der Waals surface area contributed by atoms with Crippen LogP contribution in [0, 0.1) is 0 Å². The van der Waals surface area contributed by atoms with Crippen LogP contribution < -0.4 is 10.5 Å². The first-order valence-corrected chi connectivity index (χ1v) is 5.86. The molecule has 100 valence electrons. The second-order valence-corrected chi connectivity index (χ2v) is 5.36. The molecule has 0 aliphatic rings. The van der Waals surface area contributed by atoms with Crippen LogP contribution in [-0.2, 0) is 10.2 Å². The van der Waals surface area contributed by atoms with Crippen LogP contribution >= 0.6 is 0 Å². The zero-order valence-electron chi connectivity index (χ0n) is 11.4. The minimum atomic E-state index is -0.862. The Bertz CT molecular complexity index is 437. The van der Waals surface area contributed by atoms with Gasteiger partial charge in [0.2, 0.25) is 0 Å². The molecule has 3 N–H and O–H groups in total. The van der Waals surface area contributed by atoms with Gasteiger partial charge in [-0.25, -0.2) is 0 Å². The summed E-state index contributed by atoms with van der Waals surface area (Å²) in [5, 5.41) is 9.11. The largest absolute Gasteiger partial charge is 0.497 e. The average molecular weight is 251 g/mol. The second kappa shape index (κ2) is 4.98. The summed E-state index contributed by atoms with van der Waals surface area (Å²) in [4.78, 5) is 11.1. The fraction of sp³-hybridized carbons (Fsp3) is 0.500. The van der Waals surface area contributed by atoms with E-state index in [1.807, 2.05) is 45.0 Å². The average Bonchev–Trinajstić information content (AvgIpc) is 2.26. The topological polar surface area (TPSA) is 72.5 Å². The predicted molar refractivity (Wildman–Crippen MR) is 70.9 cm³/mol. The molecule has 1 aromatic carbocycles. The number of benzene rings is 1. The molecular formula is C14H21NO3. The van der Waals surface area contributed by atoms with E-state index < -0.39 is 16.9 Å². The van der Waals surface area contributed by atoms with Crippen molar-refractivity contribution in [1.82, 2.24) is 0 Å². The normalized spacial score (nSPS) is 14.9. The summed E-state index contributed by atoms with van der Waals surface area (Å²) in [7, 11) is 1.58. The van der Waals surface area contributed by atoms with E-state index in [1.54, 1.807) is 7.11 Å². The number of ether oxygens (including phenoxy) is 1. The third kappa shape index (κ3) is 2.82. The Hall–Kier alpha value is -1.55. The van der Waals surface area contributed by atoms with Crippen molar-refractivity contribution in [3.63, 3.8) is 0 Å². The van der Waals surface area contributed by atoms with E-state index in [0.717, 1.165) is 5.56 Å². The van der Waals surface area contributed by atoms with Gasteiger partial charge in [-0.15, -0.1) is 0 Å². The van der Waals surface area contributed by atoms with Gasteiger partial charge in [0.15, 0.2) is 0 Å². The van der Waals surface area contributed by atoms with E-state index in [1.165, 1.54) is 0 Å². The highest BCUT2D eigenvalue weighted by Crippen LogP contribution is 2.38. The number of rotatable bonds is 5. The van der Waals surface area contributed by atoms with Gasteiger partial charge in [-0.2, -0.15) is 0 Å². The number of hydrogen-bond acceptors (Lipinski definition) is 3. The molecule has 0 spiro atoms. The molecule has 0 aromatic heterocycles. The minimum Gasteiger partial charge on any atom is -0.497 e. The molecule has 0 radical (unpaired) electrons. The highest BCUT2D eigenvalue weighted by molar-refractivity contribution is 5.69. The van der Waals surface area contributed by atoms with Crippen molar-refractivity contribution in [3.05, 3.63) is 29.8 Å². The Balaban J connectivity index is 3.29. The van der Waals surface area contributed by atoms with Crippen molar-refractivity contribution in [2.45, 2.75) is 38.1 Å². The lowest BCUT2D eigenvalue weighted by atomic mass is 9.66. The summed E-state index contributed by atoms with van der Waals surface area (Å²) in [6.07, 6.45) is -0.0241. The molecule has 0 amide bonds. The monoisotopic (exact) mass is 251 g/mol. The Morgan fingerprint density at radius 1 is 1.39 bits per heavy atom. The van der Waals surface area contributed by atoms with Gasteiger partial charge in [0.25, 0.3) is 0 Å². The van der Waals surface area contributed by atoms with Crippen molar-refractivity contribution < 1.29 is 14.6 Å². The quantitative estimate of drug-likeness (QED) is 0.841. The summed E-state index contributed by atoms with van der Waals surface area (Å²) >= 11 is 0. The molecule has 1 atom stereocenters. The maximum atomic E-state index is 11.1. The van der Waals surface area contributed by atoms with Crippen molar-refractivity contribution in [3.8, 4) is 5.75 Å². The summed E-state index contributed by atoms with van der Waals surface area (Å²) in [5.74, 6) is -0.160. The molecule has 1 rings (SSSR count). The van der Waals surface area contributed by atoms with Gasteiger partial charge in [-0.05, 0) is 31.5 Å². The molecule has 0 saturated carbocycles. The fourth-order valence-electron chi connectivity index (χ4n) is 1.97. The van der Waals surface area contributed by atoms with Gasteiger partial charge < -0.3 is 15.6 Å². The maximum absolute atomic E-state index is 11.1. The first kappa shape index (κ1) is 14.5. The van der Waals surface area contributed by atoms with Crippen molar-refractivity contribution in [2.24, 2.45) is 5.73 Å². The molecule has 0 aliphatic carbocycles. The number of carboxylic acid groups (broad SMARTS) is 1. The predicted octanol–water partition coefficient (Wildman–Crippen LogP) is 2.16. The number of methoxy groups -OCH3 is 1. The molecule has 0 saturated heterocycles. The molecule has 4 nitrogen and oxygen atoms in total. The second-order valence-electron chi connectivity index (χ2n) is 5.36. The van der Waals surface area contributed by atoms with Crippen LogP contribution in [0.2, 0.25) is 0 Å². The van der Waals surface area contributed by atoms with Crippen LogP contribution in [0.5, 0.6) is 5.75 Å². The summed E-state index contributed by atoms with van der Waals surface area (Å²) in [5.41, 5.74) is 5.74. The van der Waals surface area contributed by atoms with Crippen LogP contribution in [-0.4, -0.2) is 23.7 Å². The fourth-order valence-corrected chi connectivity index (χ4v) is 1.97. The molecule has 4 heteroatoms. The van der Waals surface area contributed by atoms with Gasteiger partial charge in [-0.3, -0.25) is 4.79 Å². The van der Waals surface area contributed by atoms with E-state index >= 15 is 0 Å². The lowest BCUT2D eigenvalue weighted by Gasteiger charge is -2.41. The van der Waals surface area contributed by atoms with E-state index in [-0.39, 0.29) is 6.42 Å². The number of carbonyl (C=O) groups is 1. The molecule has 18 heavy (non-hydrogen) atoms.